The smallest absolute Gasteiger partial charge is 0.303 e. The Bertz CT molecular complexity index is 332. The number of anilines is 1. The first kappa shape index (κ1) is 10.5. The van der Waals surface area contributed by atoms with Gasteiger partial charge in [-0.15, -0.1) is 5.10 Å². The molecular weight excluding hydrogens is 184 g/mol. The number of aromatic amines is 1. The largest absolute Gasteiger partial charge is 0.481 e. The minimum Gasteiger partial charge on any atom is -0.481 e. The van der Waals surface area contributed by atoms with Crippen LogP contribution in [0.25, 0.3) is 0 Å². The average Bonchev–Trinajstić information content (AvgIpc) is 2.30. The predicted octanol–water partition coefficient (Wildman–Crippen LogP) is 0.430. The van der Waals surface area contributed by atoms with Gasteiger partial charge in [-0.2, -0.15) is 4.98 Å². The maximum atomic E-state index is 10.5. The van der Waals surface area contributed by atoms with Gasteiger partial charge in [-0.05, 0) is 5.41 Å². The van der Waals surface area contributed by atoms with Crippen molar-refractivity contribution in [1.82, 2.24) is 15.2 Å². The summed E-state index contributed by atoms with van der Waals surface area (Å²) in [5, 5.41) is 15.0. The molecule has 0 unspecified atom stereocenters. The normalized spacial score (nSPS) is 11.6. The summed E-state index contributed by atoms with van der Waals surface area (Å²) < 4.78 is 0. The molecule has 1 aromatic rings. The van der Waals surface area contributed by atoms with Gasteiger partial charge < -0.3 is 10.8 Å². The fraction of sp³-hybridized carbons (Fsp3) is 0.625. The fourth-order valence-corrected chi connectivity index (χ4v) is 1.31. The van der Waals surface area contributed by atoms with Crippen molar-refractivity contribution in [3.05, 3.63) is 5.82 Å². The highest BCUT2D eigenvalue weighted by Crippen LogP contribution is 2.24. The van der Waals surface area contributed by atoms with Crippen LogP contribution in [-0.4, -0.2) is 26.3 Å². The van der Waals surface area contributed by atoms with Crippen LogP contribution in [0, 0.1) is 5.41 Å². The third-order valence-corrected chi connectivity index (χ3v) is 1.82. The van der Waals surface area contributed by atoms with Gasteiger partial charge in [0, 0.05) is 6.42 Å². The molecule has 1 rings (SSSR count). The number of hydrogen-bond acceptors (Lipinski definition) is 4. The van der Waals surface area contributed by atoms with E-state index in [9.17, 15) is 4.79 Å². The van der Waals surface area contributed by atoms with Crippen LogP contribution in [0.3, 0.4) is 0 Å². The number of nitrogens with one attached hydrogen (secondary N) is 1. The minimum atomic E-state index is -0.817. The number of nitrogens with two attached hydrogens (primary N) is 1. The summed E-state index contributed by atoms with van der Waals surface area (Å²) in [6.45, 7) is 3.72. The van der Waals surface area contributed by atoms with Crippen LogP contribution in [0.1, 0.15) is 26.1 Å². The molecule has 14 heavy (non-hydrogen) atoms. The van der Waals surface area contributed by atoms with Gasteiger partial charge in [-0.25, -0.2) is 0 Å². The lowest BCUT2D eigenvalue weighted by atomic mass is 9.85. The molecule has 0 aliphatic heterocycles. The second kappa shape index (κ2) is 3.65. The van der Waals surface area contributed by atoms with E-state index >= 15 is 0 Å². The van der Waals surface area contributed by atoms with E-state index in [1.54, 1.807) is 0 Å². The average molecular weight is 198 g/mol. The number of nitrogen functional groups attached to an aromatic ring is 1. The van der Waals surface area contributed by atoms with Crippen molar-refractivity contribution in [2.24, 2.45) is 5.41 Å². The SMILES string of the molecule is CC(C)(CC(=O)O)Cc1nc(N)n[nH]1. The Labute approximate surface area is 81.5 Å². The predicted molar refractivity (Wildman–Crippen MR) is 50.5 cm³/mol. The highest BCUT2D eigenvalue weighted by atomic mass is 16.4. The first-order chi connectivity index (χ1) is 6.39. The fourth-order valence-electron chi connectivity index (χ4n) is 1.31. The maximum Gasteiger partial charge on any atom is 0.303 e. The van der Waals surface area contributed by atoms with Crippen LogP contribution in [0.4, 0.5) is 5.95 Å². The molecule has 78 valence electrons. The molecule has 0 aliphatic carbocycles. The minimum absolute atomic E-state index is 0.0909. The zero-order valence-corrected chi connectivity index (χ0v) is 8.24. The second-order valence-electron chi connectivity index (χ2n) is 4.05. The third-order valence-electron chi connectivity index (χ3n) is 1.82. The molecule has 0 fully saturated rings. The second-order valence-corrected chi connectivity index (χ2v) is 4.05. The Kier molecular flexibility index (Phi) is 2.73. The summed E-state index contributed by atoms with van der Waals surface area (Å²) in [6.07, 6.45) is 0.608. The number of rotatable bonds is 4. The summed E-state index contributed by atoms with van der Waals surface area (Å²) in [5.41, 5.74) is 4.98. The van der Waals surface area contributed by atoms with Crippen LogP contribution in [0.2, 0.25) is 0 Å². The van der Waals surface area contributed by atoms with Crippen molar-refractivity contribution < 1.29 is 9.90 Å². The molecule has 0 aromatic carbocycles. The van der Waals surface area contributed by atoms with Crippen LogP contribution < -0.4 is 5.73 Å². The number of carbonyl (C=O) groups is 1. The molecular formula is C8H14N4O2. The molecule has 0 saturated carbocycles. The van der Waals surface area contributed by atoms with Crippen molar-refractivity contribution in [2.75, 3.05) is 5.73 Å². The van der Waals surface area contributed by atoms with E-state index in [1.807, 2.05) is 13.8 Å². The summed E-state index contributed by atoms with van der Waals surface area (Å²) in [4.78, 5) is 14.5. The topological polar surface area (TPSA) is 105 Å². The lowest BCUT2D eigenvalue weighted by Crippen LogP contribution is -2.20. The number of carboxylic acids is 1. The van der Waals surface area contributed by atoms with Crippen molar-refractivity contribution in [3.8, 4) is 0 Å². The number of H-pyrrole nitrogens is 1. The molecule has 0 spiro atoms. The molecule has 0 amide bonds. The van der Waals surface area contributed by atoms with E-state index < -0.39 is 5.97 Å². The third kappa shape index (κ3) is 3.04. The Hall–Kier alpha value is -1.59. The van der Waals surface area contributed by atoms with Gasteiger partial charge in [0.1, 0.15) is 5.82 Å². The van der Waals surface area contributed by atoms with Crippen LogP contribution >= 0.6 is 0 Å². The highest BCUT2D eigenvalue weighted by molar-refractivity contribution is 5.67. The van der Waals surface area contributed by atoms with E-state index in [2.05, 4.69) is 15.2 Å². The van der Waals surface area contributed by atoms with E-state index in [4.69, 9.17) is 10.8 Å². The van der Waals surface area contributed by atoms with Crippen molar-refractivity contribution in [3.63, 3.8) is 0 Å². The molecule has 4 N–H and O–H groups in total. The lowest BCUT2D eigenvalue weighted by Gasteiger charge is -2.20. The van der Waals surface area contributed by atoms with Gasteiger partial charge in [0.25, 0.3) is 0 Å². The Morgan fingerprint density at radius 2 is 2.29 bits per heavy atom. The maximum absolute atomic E-state index is 10.5. The zero-order chi connectivity index (χ0) is 10.8. The Balaban J connectivity index is 2.63. The molecule has 0 aliphatic rings. The van der Waals surface area contributed by atoms with E-state index in [-0.39, 0.29) is 17.8 Å². The van der Waals surface area contributed by atoms with Gasteiger partial charge >= 0.3 is 5.97 Å². The van der Waals surface area contributed by atoms with Gasteiger partial charge in [-0.3, -0.25) is 9.89 Å². The number of nitrogens with zero attached hydrogens (tertiary/aromatic N) is 2. The summed E-state index contributed by atoms with van der Waals surface area (Å²) in [7, 11) is 0. The Morgan fingerprint density at radius 3 is 2.71 bits per heavy atom. The molecule has 1 heterocycles. The summed E-state index contributed by atoms with van der Waals surface area (Å²) >= 11 is 0. The standard InChI is InChI=1S/C8H14N4O2/c1-8(2,4-6(13)14)3-5-10-7(9)12-11-5/h3-4H2,1-2H3,(H,13,14)(H3,9,10,11,12). The van der Waals surface area contributed by atoms with Gasteiger partial charge in [-0.1, -0.05) is 13.8 Å². The van der Waals surface area contributed by atoms with Crippen LogP contribution in [0.15, 0.2) is 0 Å². The van der Waals surface area contributed by atoms with Crippen molar-refractivity contribution in [1.29, 1.82) is 0 Å². The number of hydrogen-bond donors (Lipinski definition) is 3. The van der Waals surface area contributed by atoms with E-state index in [0.29, 0.717) is 12.2 Å². The van der Waals surface area contributed by atoms with Crippen molar-refractivity contribution >= 4 is 11.9 Å². The highest BCUT2D eigenvalue weighted by Gasteiger charge is 2.23. The van der Waals surface area contributed by atoms with Gasteiger partial charge in [0.15, 0.2) is 0 Å². The van der Waals surface area contributed by atoms with Crippen LogP contribution in [-0.2, 0) is 11.2 Å². The molecule has 6 nitrogen and oxygen atoms in total. The monoisotopic (exact) mass is 198 g/mol. The van der Waals surface area contributed by atoms with E-state index in [0.717, 1.165) is 0 Å². The summed E-state index contributed by atoms with van der Waals surface area (Å²) in [6, 6.07) is 0. The molecule has 1 aromatic heterocycles. The quantitative estimate of drug-likeness (QED) is 0.650. The lowest BCUT2D eigenvalue weighted by molar-refractivity contribution is -0.139. The molecule has 0 bridgehead atoms. The molecule has 0 radical (unpaired) electrons. The molecule has 0 saturated heterocycles. The first-order valence-corrected chi connectivity index (χ1v) is 4.28. The van der Waals surface area contributed by atoms with Crippen LogP contribution in [0.5, 0.6) is 0 Å². The summed E-state index contributed by atoms with van der Waals surface area (Å²) in [5.74, 6) is -0.0117. The first-order valence-electron chi connectivity index (χ1n) is 4.28. The number of aliphatic carboxylic acids is 1. The van der Waals surface area contributed by atoms with Crippen molar-refractivity contribution in [2.45, 2.75) is 26.7 Å². The van der Waals surface area contributed by atoms with E-state index in [1.165, 1.54) is 0 Å². The molecule has 6 heteroatoms. The zero-order valence-electron chi connectivity index (χ0n) is 8.24. The van der Waals surface area contributed by atoms with Gasteiger partial charge in [0.2, 0.25) is 5.95 Å². The van der Waals surface area contributed by atoms with Gasteiger partial charge in [0.05, 0.1) is 6.42 Å². The molecule has 0 atom stereocenters. The number of carboxylic acid groups (broad SMARTS) is 1. The Morgan fingerprint density at radius 1 is 1.64 bits per heavy atom. The number of aromatic nitrogens is 3.